The van der Waals surface area contributed by atoms with Crippen LogP contribution in [0.2, 0.25) is 0 Å². The lowest BCUT2D eigenvalue weighted by molar-refractivity contribution is -0.169. The molecule has 3 aromatic rings. The molecule has 35 heavy (non-hydrogen) atoms. The summed E-state index contributed by atoms with van der Waals surface area (Å²) in [6, 6.07) is 4.13. The van der Waals surface area contributed by atoms with Gasteiger partial charge in [-0.3, -0.25) is 9.48 Å². The third kappa shape index (κ3) is 3.98. The Labute approximate surface area is 203 Å². The van der Waals surface area contributed by atoms with Crippen LogP contribution in [0.1, 0.15) is 56.7 Å². The van der Waals surface area contributed by atoms with Crippen LogP contribution in [0.5, 0.6) is 5.88 Å². The molecule has 2 saturated heterocycles. The molecule has 0 unspecified atom stereocenters. The highest BCUT2D eigenvalue weighted by Gasteiger charge is 2.40. The number of nitrogens with one attached hydrogen (secondary N) is 1. The Morgan fingerprint density at radius 3 is 2.54 bits per heavy atom. The Bertz CT molecular complexity index is 1280. The molecule has 3 aliphatic rings. The van der Waals surface area contributed by atoms with E-state index in [2.05, 4.69) is 9.88 Å². The molecular weight excluding hydrogens is 448 g/mol. The van der Waals surface area contributed by atoms with Gasteiger partial charge in [-0.15, -0.1) is 0 Å². The molecule has 3 fully saturated rings. The van der Waals surface area contributed by atoms with Crippen LogP contribution >= 0.6 is 0 Å². The van der Waals surface area contributed by atoms with Crippen molar-refractivity contribution in [3.05, 3.63) is 28.2 Å². The number of H-pyrrole nitrogens is 1. The summed E-state index contributed by atoms with van der Waals surface area (Å²) in [6.45, 7) is 4.81. The third-order valence-corrected chi connectivity index (χ3v) is 7.60. The summed E-state index contributed by atoms with van der Waals surface area (Å²) in [4.78, 5) is 28.0. The summed E-state index contributed by atoms with van der Waals surface area (Å²) in [7, 11) is 1.59. The average molecular weight is 481 g/mol. The first-order valence-electron chi connectivity index (χ1n) is 12.6. The maximum atomic E-state index is 13.2. The molecule has 186 valence electrons. The van der Waals surface area contributed by atoms with Gasteiger partial charge >= 0.3 is 0 Å². The van der Waals surface area contributed by atoms with Crippen molar-refractivity contribution in [1.82, 2.24) is 24.7 Å². The first-order chi connectivity index (χ1) is 17.1. The van der Waals surface area contributed by atoms with Crippen molar-refractivity contribution in [3.8, 4) is 17.3 Å². The van der Waals surface area contributed by atoms with Gasteiger partial charge in [0.1, 0.15) is 17.2 Å². The second-order valence-corrected chi connectivity index (χ2v) is 9.75. The lowest BCUT2D eigenvalue weighted by Gasteiger charge is -2.38. The summed E-state index contributed by atoms with van der Waals surface area (Å²) in [5, 5.41) is 4.72. The van der Waals surface area contributed by atoms with Crippen LogP contribution in [-0.4, -0.2) is 63.9 Å². The molecular formula is C25H32N6O4. The summed E-state index contributed by atoms with van der Waals surface area (Å²) >= 11 is 0. The molecule has 0 radical (unpaired) electrons. The molecule has 1 aliphatic carbocycles. The van der Waals surface area contributed by atoms with Crippen molar-refractivity contribution in [1.29, 1.82) is 0 Å². The molecule has 1 spiro atoms. The Hall–Kier alpha value is -2.98. The van der Waals surface area contributed by atoms with Crippen molar-refractivity contribution < 1.29 is 14.2 Å². The number of pyridine rings is 1. The van der Waals surface area contributed by atoms with Crippen molar-refractivity contribution >= 4 is 16.9 Å². The number of aromatic nitrogens is 5. The van der Waals surface area contributed by atoms with Crippen molar-refractivity contribution in [2.75, 3.05) is 38.3 Å². The Balaban J connectivity index is 1.31. The number of fused-ring (bicyclic) bond motifs is 1. The van der Waals surface area contributed by atoms with E-state index in [1.807, 2.05) is 23.7 Å². The summed E-state index contributed by atoms with van der Waals surface area (Å²) in [5.74, 6) is 1.26. The van der Waals surface area contributed by atoms with E-state index in [1.165, 1.54) is 19.3 Å². The zero-order valence-electron chi connectivity index (χ0n) is 20.4. The molecule has 6 rings (SSSR count). The lowest BCUT2D eigenvalue weighted by Crippen LogP contribution is -2.45. The number of hydrogen-bond acceptors (Lipinski definition) is 8. The van der Waals surface area contributed by atoms with Gasteiger partial charge in [0.05, 0.1) is 37.6 Å². The van der Waals surface area contributed by atoms with Gasteiger partial charge in [0, 0.05) is 25.9 Å². The van der Waals surface area contributed by atoms with Crippen LogP contribution in [-0.2, 0) is 9.47 Å². The SMILES string of the molecule is COc1nc(N2CCC3(CC2)OCCO3)ccc1-c1nc2c(C)nn(C3CCCCC3)c2c(=O)[nH]1. The Morgan fingerprint density at radius 2 is 1.83 bits per heavy atom. The third-order valence-electron chi connectivity index (χ3n) is 7.60. The van der Waals surface area contributed by atoms with Gasteiger partial charge in [0.2, 0.25) is 5.88 Å². The van der Waals surface area contributed by atoms with Crippen molar-refractivity contribution in [3.63, 3.8) is 0 Å². The van der Waals surface area contributed by atoms with Crippen LogP contribution in [0, 0.1) is 6.92 Å². The van der Waals surface area contributed by atoms with E-state index in [9.17, 15) is 4.79 Å². The van der Waals surface area contributed by atoms with Gasteiger partial charge in [-0.25, -0.2) is 4.98 Å². The number of piperidine rings is 1. The molecule has 10 heteroatoms. The lowest BCUT2D eigenvalue weighted by atomic mass is 9.95. The molecule has 1 N–H and O–H groups in total. The minimum atomic E-state index is -0.431. The van der Waals surface area contributed by atoms with E-state index in [4.69, 9.17) is 29.3 Å². The maximum absolute atomic E-state index is 13.2. The van der Waals surface area contributed by atoms with Gasteiger partial charge in [0.15, 0.2) is 11.3 Å². The Morgan fingerprint density at radius 1 is 1.09 bits per heavy atom. The molecule has 5 heterocycles. The van der Waals surface area contributed by atoms with Crippen molar-refractivity contribution in [2.45, 2.75) is 63.7 Å². The van der Waals surface area contributed by atoms with Crippen LogP contribution in [0.15, 0.2) is 16.9 Å². The van der Waals surface area contributed by atoms with Gasteiger partial charge in [-0.05, 0) is 31.9 Å². The number of hydrogen-bond donors (Lipinski definition) is 1. The number of anilines is 1. The largest absolute Gasteiger partial charge is 0.480 e. The number of rotatable bonds is 4. The molecule has 2 aliphatic heterocycles. The molecule has 0 atom stereocenters. The molecule has 10 nitrogen and oxygen atoms in total. The number of methoxy groups -OCH3 is 1. The summed E-state index contributed by atoms with van der Waals surface area (Å²) in [6.07, 6.45) is 7.28. The maximum Gasteiger partial charge on any atom is 0.277 e. The number of nitrogens with zero attached hydrogens (tertiary/aromatic N) is 5. The zero-order valence-corrected chi connectivity index (χ0v) is 20.4. The van der Waals surface area contributed by atoms with Gasteiger partial charge in [0.25, 0.3) is 5.56 Å². The fourth-order valence-corrected chi connectivity index (χ4v) is 5.71. The predicted molar refractivity (Wildman–Crippen MR) is 131 cm³/mol. The van der Waals surface area contributed by atoms with Crippen LogP contribution in [0.25, 0.3) is 22.4 Å². The predicted octanol–water partition coefficient (Wildman–Crippen LogP) is 3.35. The fraction of sp³-hybridized carbons (Fsp3) is 0.600. The standard InChI is InChI=1S/C25H32N6O4/c1-16-20-21(31(29-16)17-6-4-3-5-7-17)23(32)28-22(27-20)18-8-9-19(26-24(18)33-2)30-12-10-25(11-13-30)34-14-15-35-25/h8-9,17H,3-7,10-15H2,1-2H3,(H,27,28,32). The smallest absolute Gasteiger partial charge is 0.277 e. The number of aromatic amines is 1. The first-order valence-corrected chi connectivity index (χ1v) is 12.6. The Kier molecular flexibility index (Phi) is 5.72. The highest BCUT2D eigenvalue weighted by molar-refractivity contribution is 5.79. The molecule has 1 saturated carbocycles. The van der Waals surface area contributed by atoms with Crippen LogP contribution in [0.3, 0.4) is 0 Å². The minimum absolute atomic E-state index is 0.180. The average Bonchev–Trinajstić information content (AvgIpc) is 3.49. The van der Waals surface area contributed by atoms with Gasteiger partial charge in [-0.1, -0.05) is 19.3 Å². The highest BCUT2D eigenvalue weighted by atomic mass is 16.7. The van der Waals surface area contributed by atoms with Gasteiger partial charge < -0.3 is 24.1 Å². The summed E-state index contributed by atoms with van der Waals surface area (Å²) < 4.78 is 19.2. The van der Waals surface area contributed by atoms with Crippen LogP contribution < -0.4 is 15.2 Å². The highest BCUT2D eigenvalue weighted by Crippen LogP contribution is 2.35. The van der Waals surface area contributed by atoms with Gasteiger partial charge in [-0.2, -0.15) is 10.1 Å². The molecule has 0 amide bonds. The van der Waals surface area contributed by atoms with E-state index in [-0.39, 0.29) is 11.6 Å². The topological polar surface area (TPSA) is 107 Å². The number of ether oxygens (including phenoxy) is 3. The van der Waals surface area contributed by atoms with E-state index in [1.54, 1.807) is 7.11 Å². The molecule has 3 aromatic heterocycles. The van der Waals surface area contributed by atoms with E-state index in [0.29, 0.717) is 41.5 Å². The summed E-state index contributed by atoms with van der Waals surface area (Å²) in [5.41, 5.74) is 2.43. The second kappa shape index (κ2) is 8.91. The minimum Gasteiger partial charge on any atom is -0.480 e. The molecule has 0 bridgehead atoms. The second-order valence-electron chi connectivity index (χ2n) is 9.75. The normalized spacial score (nSPS) is 20.7. The number of aryl methyl sites for hydroxylation is 1. The zero-order chi connectivity index (χ0) is 24.0. The van der Waals surface area contributed by atoms with Crippen LogP contribution in [0.4, 0.5) is 5.82 Å². The van der Waals surface area contributed by atoms with Crippen molar-refractivity contribution in [2.24, 2.45) is 0 Å². The van der Waals surface area contributed by atoms with E-state index >= 15 is 0 Å². The fourth-order valence-electron chi connectivity index (χ4n) is 5.71. The van der Waals surface area contributed by atoms with E-state index < -0.39 is 5.79 Å². The first kappa shape index (κ1) is 22.5. The quantitative estimate of drug-likeness (QED) is 0.606. The molecule has 0 aromatic carbocycles. The van der Waals surface area contributed by atoms with E-state index in [0.717, 1.165) is 50.3 Å². The monoisotopic (exact) mass is 480 g/mol.